The molecule has 0 spiro atoms. The first-order chi connectivity index (χ1) is 8.60. The first kappa shape index (κ1) is 13.1. The van der Waals surface area contributed by atoms with Crippen LogP contribution in [0.3, 0.4) is 0 Å². The Morgan fingerprint density at radius 2 is 2.28 bits per heavy atom. The fourth-order valence-corrected chi connectivity index (χ4v) is 3.11. The molecule has 0 aromatic carbocycles. The van der Waals surface area contributed by atoms with Crippen LogP contribution in [0, 0.1) is 13.8 Å². The zero-order valence-corrected chi connectivity index (χ0v) is 11.9. The third-order valence-corrected chi connectivity index (χ3v) is 4.03. The van der Waals surface area contributed by atoms with Crippen LogP contribution in [-0.4, -0.2) is 21.9 Å². The average Bonchev–Trinajstić information content (AvgIpc) is 2.86. The van der Waals surface area contributed by atoms with Gasteiger partial charge in [-0.3, -0.25) is 10.1 Å². The van der Waals surface area contributed by atoms with E-state index in [9.17, 15) is 4.79 Å². The summed E-state index contributed by atoms with van der Waals surface area (Å²) in [6.45, 7) is 5.62. The zero-order valence-electron chi connectivity index (χ0n) is 10.3. The fraction of sp³-hybridized carbons (Fsp3) is 0.364. The third-order valence-electron chi connectivity index (χ3n) is 2.18. The number of nitrogens with zero attached hydrogens (tertiary/aromatic N) is 2. The molecule has 0 aliphatic heterocycles. The molecule has 0 saturated heterocycles. The Hall–Kier alpha value is -1.34. The predicted molar refractivity (Wildman–Crippen MR) is 72.4 cm³/mol. The maximum absolute atomic E-state index is 12.0. The molecular weight excluding hydrogens is 270 g/mol. The summed E-state index contributed by atoms with van der Waals surface area (Å²) in [4.78, 5) is 12.0. The van der Waals surface area contributed by atoms with Crippen molar-refractivity contribution in [1.29, 1.82) is 0 Å². The summed E-state index contributed by atoms with van der Waals surface area (Å²) >= 11 is 2.97. The van der Waals surface area contributed by atoms with E-state index in [1.54, 1.807) is 24.8 Å². The van der Waals surface area contributed by atoms with E-state index < -0.39 is 0 Å². The lowest BCUT2D eigenvalue weighted by Crippen LogP contribution is -2.11. The van der Waals surface area contributed by atoms with E-state index in [1.165, 1.54) is 11.3 Å². The molecule has 0 fully saturated rings. The van der Waals surface area contributed by atoms with Gasteiger partial charge in [-0.2, -0.15) is 0 Å². The zero-order chi connectivity index (χ0) is 13.1. The number of furan rings is 1. The van der Waals surface area contributed by atoms with Gasteiger partial charge >= 0.3 is 0 Å². The Balaban J connectivity index is 2.08. The Kier molecular flexibility index (Phi) is 4.03. The van der Waals surface area contributed by atoms with E-state index in [2.05, 4.69) is 15.5 Å². The van der Waals surface area contributed by atoms with Crippen molar-refractivity contribution in [3.63, 3.8) is 0 Å². The second-order valence-electron chi connectivity index (χ2n) is 3.59. The van der Waals surface area contributed by atoms with Gasteiger partial charge in [-0.1, -0.05) is 30.0 Å². The van der Waals surface area contributed by atoms with Gasteiger partial charge in [-0.15, -0.1) is 10.2 Å². The minimum atomic E-state index is -0.214. The number of thioether (sulfide) groups is 1. The summed E-state index contributed by atoms with van der Waals surface area (Å²) in [5.74, 6) is 2.05. The Morgan fingerprint density at radius 3 is 2.89 bits per heavy atom. The van der Waals surface area contributed by atoms with E-state index in [0.29, 0.717) is 16.5 Å². The van der Waals surface area contributed by atoms with Gasteiger partial charge in [0, 0.05) is 0 Å². The lowest BCUT2D eigenvalue weighted by molar-refractivity contribution is 0.102. The number of amides is 1. The molecule has 0 atom stereocenters. The highest BCUT2D eigenvalue weighted by Gasteiger charge is 2.15. The standard InChI is InChI=1S/C11H13N3O2S2/c1-4-17-11-14-13-10(18-11)12-9(15)8-5-6(2)16-7(8)3/h5H,4H2,1-3H3,(H,12,13,15). The maximum Gasteiger partial charge on any atom is 0.261 e. The number of rotatable bonds is 4. The van der Waals surface area contributed by atoms with Gasteiger partial charge in [0.05, 0.1) is 5.56 Å². The normalized spacial score (nSPS) is 10.6. The van der Waals surface area contributed by atoms with Crippen LogP contribution in [0.4, 0.5) is 5.13 Å². The number of carbonyl (C=O) groups excluding carboxylic acids is 1. The summed E-state index contributed by atoms with van der Waals surface area (Å²) in [7, 11) is 0. The van der Waals surface area contributed by atoms with Crippen molar-refractivity contribution >= 4 is 34.1 Å². The van der Waals surface area contributed by atoms with Crippen LogP contribution >= 0.6 is 23.1 Å². The molecule has 0 unspecified atom stereocenters. The summed E-state index contributed by atoms with van der Waals surface area (Å²) < 4.78 is 6.17. The third kappa shape index (κ3) is 2.91. The largest absolute Gasteiger partial charge is 0.466 e. The number of carbonyl (C=O) groups is 1. The highest BCUT2D eigenvalue weighted by molar-refractivity contribution is 8.01. The predicted octanol–water partition coefficient (Wildman–Crippen LogP) is 3.11. The number of aromatic nitrogens is 2. The first-order valence-electron chi connectivity index (χ1n) is 5.45. The molecule has 0 radical (unpaired) electrons. The molecule has 2 rings (SSSR count). The van der Waals surface area contributed by atoms with Crippen molar-refractivity contribution < 1.29 is 9.21 Å². The SMILES string of the molecule is CCSc1nnc(NC(=O)c2cc(C)oc2C)s1. The molecule has 96 valence electrons. The lowest BCUT2D eigenvalue weighted by Gasteiger charge is -1.98. The molecule has 7 heteroatoms. The van der Waals surface area contributed by atoms with Crippen molar-refractivity contribution in [3.8, 4) is 0 Å². The smallest absolute Gasteiger partial charge is 0.261 e. The number of aryl methyl sites for hydroxylation is 2. The molecule has 0 saturated carbocycles. The van der Waals surface area contributed by atoms with Gasteiger partial charge in [0.15, 0.2) is 4.34 Å². The van der Waals surface area contributed by atoms with Crippen LogP contribution in [-0.2, 0) is 0 Å². The summed E-state index contributed by atoms with van der Waals surface area (Å²) in [6.07, 6.45) is 0. The molecule has 0 aliphatic rings. The van der Waals surface area contributed by atoms with Gasteiger partial charge in [-0.25, -0.2) is 0 Å². The van der Waals surface area contributed by atoms with E-state index in [-0.39, 0.29) is 5.91 Å². The van der Waals surface area contributed by atoms with Crippen LogP contribution < -0.4 is 5.32 Å². The summed E-state index contributed by atoms with van der Waals surface area (Å²) in [6, 6.07) is 1.72. The molecule has 2 heterocycles. The fourth-order valence-electron chi connectivity index (χ4n) is 1.46. The van der Waals surface area contributed by atoms with Crippen LogP contribution in [0.2, 0.25) is 0 Å². The van der Waals surface area contributed by atoms with Crippen LogP contribution in [0.5, 0.6) is 0 Å². The number of hydrogen-bond donors (Lipinski definition) is 1. The average molecular weight is 283 g/mol. The number of anilines is 1. The van der Waals surface area contributed by atoms with E-state index in [1.807, 2.05) is 13.8 Å². The monoisotopic (exact) mass is 283 g/mol. The maximum atomic E-state index is 12.0. The van der Waals surface area contributed by atoms with Crippen LogP contribution in [0.15, 0.2) is 14.8 Å². The molecule has 18 heavy (non-hydrogen) atoms. The summed E-state index contributed by atoms with van der Waals surface area (Å²) in [5, 5.41) is 11.1. The minimum absolute atomic E-state index is 0.214. The van der Waals surface area contributed by atoms with Gasteiger partial charge in [0.1, 0.15) is 11.5 Å². The minimum Gasteiger partial charge on any atom is -0.466 e. The molecule has 1 amide bonds. The van der Waals surface area contributed by atoms with Crippen molar-refractivity contribution in [2.45, 2.75) is 25.1 Å². The molecule has 1 N–H and O–H groups in total. The summed E-state index contributed by atoms with van der Waals surface area (Å²) in [5.41, 5.74) is 0.535. The Morgan fingerprint density at radius 1 is 1.50 bits per heavy atom. The Bertz CT molecular complexity index is 562. The molecular formula is C11H13N3O2S2. The van der Waals surface area contributed by atoms with Crippen LogP contribution in [0.1, 0.15) is 28.8 Å². The van der Waals surface area contributed by atoms with Gasteiger partial charge < -0.3 is 4.42 Å². The van der Waals surface area contributed by atoms with E-state index >= 15 is 0 Å². The molecule has 2 aromatic heterocycles. The Labute approximate surface area is 113 Å². The van der Waals surface area contributed by atoms with Gasteiger partial charge in [0.25, 0.3) is 5.91 Å². The van der Waals surface area contributed by atoms with Crippen molar-refractivity contribution in [3.05, 3.63) is 23.2 Å². The topological polar surface area (TPSA) is 68.0 Å². The van der Waals surface area contributed by atoms with Crippen molar-refractivity contribution in [1.82, 2.24) is 10.2 Å². The van der Waals surface area contributed by atoms with E-state index in [4.69, 9.17) is 4.42 Å². The molecule has 2 aromatic rings. The first-order valence-corrected chi connectivity index (χ1v) is 7.25. The molecule has 5 nitrogen and oxygen atoms in total. The van der Waals surface area contributed by atoms with Gasteiger partial charge in [-0.05, 0) is 25.7 Å². The van der Waals surface area contributed by atoms with E-state index in [0.717, 1.165) is 15.9 Å². The highest BCUT2D eigenvalue weighted by Crippen LogP contribution is 2.25. The van der Waals surface area contributed by atoms with Gasteiger partial charge in [0.2, 0.25) is 5.13 Å². The molecule has 0 bridgehead atoms. The lowest BCUT2D eigenvalue weighted by atomic mass is 10.2. The van der Waals surface area contributed by atoms with Crippen LogP contribution in [0.25, 0.3) is 0 Å². The second kappa shape index (κ2) is 5.53. The van der Waals surface area contributed by atoms with Crippen molar-refractivity contribution in [2.24, 2.45) is 0 Å². The quantitative estimate of drug-likeness (QED) is 0.689. The van der Waals surface area contributed by atoms with Crippen molar-refractivity contribution in [2.75, 3.05) is 11.1 Å². The number of hydrogen-bond acceptors (Lipinski definition) is 6. The number of nitrogens with one attached hydrogen (secondary N) is 1. The highest BCUT2D eigenvalue weighted by atomic mass is 32.2. The second-order valence-corrected chi connectivity index (χ2v) is 6.08. The molecule has 0 aliphatic carbocycles.